The van der Waals surface area contributed by atoms with E-state index in [9.17, 15) is 4.79 Å². The highest BCUT2D eigenvalue weighted by atomic mass is 79.9. The van der Waals surface area contributed by atoms with Crippen LogP contribution in [0.1, 0.15) is 15.9 Å². The average molecular weight is 282 g/mol. The van der Waals surface area contributed by atoms with Crippen molar-refractivity contribution in [2.24, 2.45) is 0 Å². The lowest BCUT2D eigenvalue weighted by atomic mass is 10.1. The Balaban J connectivity index is 2.15. The van der Waals surface area contributed by atoms with Crippen molar-refractivity contribution in [2.45, 2.75) is 6.42 Å². The van der Waals surface area contributed by atoms with Crippen LogP contribution in [0.2, 0.25) is 0 Å². The van der Waals surface area contributed by atoms with Crippen LogP contribution in [0.5, 0.6) is 0 Å². The number of thiophene rings is 1. The van der Waals surface area contributed by atoms with Gasteiger partial charge < -0.3 is 0 Å². The maximum absolute atomic E-state index is 11.9. The van der Waals surface area contributed by atoms with Crippen molar-refractivity contribution in [3.05, 3.63) is 50.9 Å². The van der Waals surface area contributed by atoms with Crippen LogP contribution in [0.25, 0.3) is 0 Å². The monoisotopic (exact) mass is 281 g/mol. The van der Waals surface area contributed by atoms with Crippen molar-refractivity contribution < 1.29 is 4.79 Å². The molecule has 0 spiro atoms. The Morgan fingerprint density at radius 1 is 1.33 bits per heavy atom. The summed E-state index contributed by atoms with van der Waals surface area (Å²) in [5.74, 6) is 0.134. The minimum atomic E-state index is 0.134. The molecule has 0 aliphatic rings. The van der Waals surface area contributed by atoms with Crippen molar-refractivity contribution >= 4 is 33.0 Å². The largest absolute Gasteiger partial charge is 0.294 e. The minimum absolute atomic E-state index is 0.134. The van der Waals surface area contributed by atoms with Crippen LogP contribution in [0.15, 0.2) is 39.8 Å². The SMILES string of the molecule is O=C(Cc1ccncc1)c1cscc1Br. The van der Waals surface area contributed by atoms with Gasteiger partial charge in [-0.3, -0.25) is 9.78 Å². The predicted octanol–water partition coefficient (Wildman–Crippen LogP) is 3.33. The molecule has 0 saturated heterocycles. The van der Waals surface area contributed by atoms with Gasteiger partial charge in [0.1, 0.15) is 0 Å². The number of aromatic nitrogens is 1. The van der Waals surface area contributed by atoms with E-state index in [0.29, 0.717) is 6.42 Å². The van der Waals surface area contributed by atoms with E-state index in [1.807, 2.05) is 22.9 Å². The molecule has 0 unspecified atom stereocenters. The summed E-state index contributed by atoms with van der Waals surface area (Å²) in [6, 6.07) is 3.72. The van der Waals surface area contributed by atoms with Gasteiger partial charge in [-0.2, -0.15) is 11.3 Å². The number of Topliss-reactive ketones (excluding diaryl/α,β-unsaturated/α-hetero) is 1. The molecular weight excluding hydrogens is 274 g/mol. The Morgan fingerprint density at radius 3 is 2.67 bits per heavy atom. The van der Waals surface area contributed by atoms with E-state index < -0.39 is 0 Å². The molecule has 76 valence electrons. The molecule has 0 aliphatic heterocycles. The lowest BCUT2D eigenvalue weighted by Crippen LogP contribution is -2.02. The molecule has 0 saturated carbocycles. The number of nitrogens with zero attached hydrogens (tertiary/aromatic N) is 1. The Labute approximate surface area is 100 Å². The molecule has 2 heterocycles. The van der Waals surface area contributed by atoms with Crippen molar-refractivity contribution in [2.75, 3.05) is 0 Å². The van der Waals surface area contributed by atoms with Gasteiger partial charge >= 0.3 is 0 Å². The fourth-order valence-corrected chi connectivity index (χ4v) is 2.78. The number of carbonyl (C=O) groups excluding carboxylic acids is 1. The van der Waals surface area contributed by atoms with E-state index in [4.69, 9.17) is 0 Å². The molecule has 2 aromatic rings. The zero-order chi connectivity index (χ0) is 10.7. The van der Waals surface area contributed by atoms with E-state index in [0.717, 1.165) is 15.6 Å². The second-order valence-electron chi connectivity index (χ2n) is 3.09. The van der Waals surface area contributed by atoms with Crippen LogP contribution < -0.4 is 0 Å². The topological polar surface area (TPSA) is 30.0 Å². The molecule has 2 nitrogen and oxygen atoms in total. The van der Waals surface area contributed by atoms with E-state index in [1.54, 1.807) is 12.4 Å². The van der Waals surface area contributed by atoms with Crippen molar-refractivity contribution in [1.29, 1.82) is 0 Å². The molecule has 0 aliphatic carbocycles. The third-order valence-electron chi connectivity index (χ3n) is 2.03. The molecule has 0 fully saturated rings. The van der Waals surface area contributed by atoms with Gasteiger partial charge in [0.25, 0.3) is 0 Å². The third kappa shape index (κ3) is 2.52. The number of pyridine rings is 1. The summed E-state index contributed by atoms with van der Waals surface area (Å²) in [6.07, 6.45) is 3.83. The van der Waals surface area contributed by atoms with Crippen molar-refractivity contribution in [1.82, 2.24) is 4.98 Å². The average Bonchev–Trinajstić information content (AvgIpc) is 2.66. The van der Waals surface area contributed by atoms with E-state index in [-0.39, 0.29) is 5.78 Å². The van der Waals surface area contributed by atoms with Gasteiger partial charge in [0.05, 0.1) is 0 Å². The highest BCUT2D eigenvalue weighted by Crippen LogP contribution is 2.22. The molecule has 0 bridgehead atoms. The van der Waals surface area contributed by atoms with Crippen molar-refractivity contribution in [3.8, 4) is 0 Å². The lowest BCUT2D eigenvalue weighted by Gasteiger charge is -1.99. The molecular formula is C11H8BrNOS. The van der Waals surface area contributed by atoms with Gasteiger partial charge in [-0.25, -0.2) is 0 Å². The van der Waals surface area contributed by atoms with Gasteiger partial charge in [0, 0.05) is 39.6 Å². The smallest absolute Gasteiger partial charge is 0.169 e. The van der Waals surface area contributed by atoms with Gasteiger partial charge in [-0.15, -0.1) is 0 Å². The first-order valence-corrected chi connectivity index (χ1v) is 6.15. The number of ketones is 1. The number of halogens is 1. The number of hydrogen-bond acceptors (Lipinski definition) is 3. The molecule has 2 aromatic heterocycles. The Kier molecular flexibility index (Phi) is 3.28. The van der Waals surface area contributed by atoms with E-state index >= 15 is 0 Å². The predicted molar refractivity (Wildman–Crippen MR) is 64.3 cm³/mol. The van der Waals surface area contributed by atoms with Gasteiger partial charge in [0.15, 0.2) is 5.78 Å². The first kappa shape index (κ1) is 10.5. The standard InChI is InChI=1S/C11H8BrNOS/c12-10-7-15-6-9(10)11(14)5-8-1-3-13-4-2-8/h1-4,6-7H,5H2. The Hall–Kier alpha value is -1.00. The first-order valence-electron chi connectivity index (χ1n) is 4.41. The van der Waals surface area contributed by atoms with Gasteiger partial charge in [0.2, 0.25) is 0 Å². The summed E-state index contributed by atoms with van der Waals surface area (Å²) >= 11 is 4.88. The number of carbonyl (C=O) groups is 1. The van der Waals surface area contributed by atoms with Crippen molar-refractivity contribution in [3.63, 3.8) is 0 Å². The summed E-state index contributed by atoms with van der Waals surface area (Å²) in [4.78, 5) is 15.8. The zero-order valence-corrected chi connectivity index (χ0v) is 10.2. The van der Waals surface area contributed by atoms with Crippen LogP contribution in [0, 0.1) is 0 Å². The highest BCUT2D eigenvalue weighted by Gasteiger charge is 2.11. The fourth-order valence-electron chi connectivity index (χ4n) is 1.26. The fraction of sp³-hybridized carbons (Fsp3) is 0.0909. The second kappa shape index (κ2) is 4.68. The normalized spacial score (nSPS) is 10.2. The zero-order valence-electron chi connectivity index (χ0n) is 7.81. The summed E-state index contributed by atoms with van der Waals surface area (Å²) in [6.45, 7) is 0. The van der Waals surface area contributed by atoms with Crippen LogP contribution >= 0.6 is 27.3 Å². The third-order valence-corrected chi connectivity index (χ3v) is 3.73. The molecule has 0 N–H and O–H groups in total. The summed E-state index contributed by atoms with van der Waals surface area (Å²) in [7, 11) is 0. The van der Waals surface area contributed by atoms with Crippen LogP contribution in [-0.2, 0) is 6.42 Å². The molecule has 0 amide bonds. The molecule has 0 radical (unpaired) electrons. The number of hydrogen-bond donors (Lipinski definition) is 0. The highest BCUT2D eigenvalue weighted by molar-refractivity contribution is 9.10. The van der Waals surface area contributed by atoms with Crippen LogP contribution in [0.3, 0.4) is 0 Å². The van der Waals surface area contributed by atoms with Crippen LogP contribution in [-0.4, -0.2) is 10.8 Å². The van der Waals surface area contributed by atoms with Crippen LogP contribution in [0.4, 0.5) is 0 Å². The quantitative estimate of drug-likeness (QED) is 0.808. The summed E-state index contributed by atoms with van der Waals surface area (Å²) < 4.78 is 0.881. The maximum atomic E-state index is 11.9. The maximum Gasteiger partial charge on any atom is 0.169 e. The molecule has 15 heavy (non-hydrogen) atoms. The van der Waals surface area contributed by atoms with Gasteiger partial charge in [-0.1, -0.05) is 0 Å². The molecule has 2 rings (SSSR count). The van der Waals surface area contributed by atoms with E-state index in [2.05, 4.69) is 20.9 Å². The lowest BCUT2D eigenvalue weighted by molar-refractivity contribution is 0.0992. The molecule has 0 atom stereocenters. The first-order chi connectivity index (χ1) is 7.27. The summed E-state index contributed by atoms with van der Waals surface area (Å²) in [5, 5.41) is 3.79. The summed E-state index contributed by atoms with van der Waals surface area (Å²) in [5.41, 5.74) is 1.75. The Bertz CT molecular complexity index is 466. The Morgan fingerprint density at radius 2 is 2.07 bits per heavy atom. The molecule has 4 heteroatoms. The second-order valence-corrected chi connectivity index (χ2v) is 4.69. The number of rotatable bonds is 3. The minimum Gasteiger partial charge on any atom is -0.294 e. The molecule has 0 aromatic carbocycles. The van der Waals surface area contributed by atoms with E-state index in [1.165, 1.54) is 11.3 Å². The van der Waals surface area contributed by atoms with Gasteiger partial charge in [-0.05, 0) is 33.6 Å².